The number of aromatic amines is 1. The van der Waals surface area contributed by atoms with Crippen LogP contribution in [0.25, 0.3) is 21.9 Å². The zero-order valence-electron chi connectivity index (χ0n) is 14.0. The van der Waals surface area contributed by atoms with Crippen LogP contribution >= 0.6 is 0 Å². The highest BCUT2D eigenvalue weighted by Gasteiger charge is 2.11. The van der Waals surface area contributed by atoms with Crippen LogP contribution < -0.4 is 5.56 Å². The molecule has 0 aliphatic heterocycles. The van der Waals surface area contributed by atoms with Crippen molar-refractivity contribution in [3.05, 3.63) is 64.6 Å². The van der Waals surface area contributed by atoms with Gasteiger partial charge in [-0.2, -0.15) is 0 Å². The molecule has 1 aromatic heterocycles. The van der Waals surface area contributed by atoms with E-state index in [9.17, 15) is 9.90 Å². The lowest BCUT2D eigenvalue weighted by Crippen LogP contribution is -2.21. The Morgan fingerprint density at radius 3 is 2.42 bits per heavy atom. The Balaban J connectivity index is 2.03. The number of phenolic OH excluding ortho intramolecular Hbond substituents is 1. The van der Waals surface area contributed by atoms with E-state index in [0.717, 1.165) is 30.8 Å². The number of nitrogens with one attached hydrogen (secondary N) is 1. The lowest BCUT2D eigenvalue weighted by Gasteiger charge is -2.18. The predicted octanol–water partition coefficient (Wildman–Crippen LogP) is 3.74. The van der Waals surface area contributed by atoms with Crippen LogP contribution in [0.1, 0.15) is 19.4 Å². The van der Waals surface area contributed by atoms with Crippen molar-refractivity contribution < 1.29 is 5.11 Å². The first-order valence-corrected chi connectivity index (χ1v) is 8.29. The number of aromatic hydroxyl groups is 1. The fourth-order valence-corrected chi connectivity index (χ4v) is 3.02. The summed E-state index contributed by atoms with van der Waals surface area (Å²) in [6.07, 6.45) is 1.67. The molecule has 4 heteroatoms. The average Bonchev–Trinajstić information content (AvgIpc) is 2.61. The van der Waals surface area contributed by atoms with E-state index in [0.29, 0.717) is 10.8 Å². The second-order valence-corrected chi connectivity index (χ2v) is 5.89. The summed E-state index contributed by atoms with van der Waals surface area (Å²) in [6.45, 7) is 7.29. The molecular weight excluding hydrogens is 300 g/mol. The van der Waals surface area contributed by atoms with E-state index < -0.39 is 0 Å². The van der Waals surface area contributed by atoms with Gasteiger partial charge in [0.2, 0.25) is 0 Å². The number of hydrogen-bond acceptors (Lipinski definition) is 3. The van der Waals surface area contributed by atoms with Crippen molar-refractivity contribution >= 4 is 10.8 Å². The van der Waals surface area contributed by atoms with E-state index in [1.165, 1.54) is 5.56 Å². The largest absolute Gasteiger partial charge is 0.507 e. The van der Waals surface area contributed by atoms with E-state index in [1.54, 1.807) is 24.4 Å². The molecule has 0 aliphatic rings. The minimum Gasteiger partial charge on any atom is -0.507 e. The van der Waals surface area contributed by atoms with E-state index in [-0.39, 0.29) is 11.3 Å². The molecule has 24 heavy (non-hydrogen) atoms. The first-order valence-electron chi connectivity index (χ1n) is 8.29. The van der Waals surface area contributed by atoms with Gasteiger partial charge in [0, 0.05) is 23.7 Å². The summed E-state index contributed by atoms with van der Waals surface area (Å²) in [7, 11) is 0. The third-order valence-corrected chi connectivity index (χ3v) is 4.47. The van der Waals surface area contributed by atoms with Gasteiger partial charge < -0.3 is 10.1 Å². The molecule has 0 saturated heterocycles. The summed E-state index contributed by atoms with van der Waals surface area (Å²) in [6, 6.07) is 13.3. The fourth-order valence-electron chi connectivity index (χ4n) is 3.02. The van der Waals surface area contributed by atoms with Crippen molar-refractivity contribution in [1.82, 2.24) is 9.88 Å². The van der Waals surface area contributed by atoms with Gasteiger partial charge in [0.15, 0.2) is 0 Å². The number of nitrogens with zero attached hydrogens (tertiary/aromatic N) is 1. The zero-order valence-corrected chi connectivity index (χ0v) is 14.0. The van der Waals surface area contributed by atoms with Crippen LogP contribution in [0.3, 0.4) is 0 Å². The quantitative estimate of drug-likeness (QED) is 0.752. The fraction of sp³-hybridized carbons (Fsp3) is 0.250. The van der Waals surface area contributed by atoms with Crippen molar-refractivity contribution in [3.8, 4) is 16.9 Å². The third kappa shape index (κ3) is 3.05. The molecule has 0 atom stereocenters. The number of aromatic nitrogens is 1. The van der Waals surface area contributed by atoms with Crippen molar-refractivity contribution in [2.45, 2.75) is 20.4 Å². The molecule has 0 unspecified atom stereocenters. The van der Waals surface area contributed by atoms with Gasteiger partial charge in [-0.3, -0.25) is 9.69 Å². The van der Waals surface area contributed by atoms with Gasteiger partial charge in [0.05, 0.1) is 5.39 Å². The minimum absolute atomic E-state index is 0.126. The number of rotatable bonds is 5. The Kier molecular flexibility index (Phi) is 4.67. The van der Waals surface area contributed by atoms with Crippen LogP contribution in [0.5, 0.6) is 5.75 Å². The maximum Gasteiger partial charge on any atom is 0.255 e. The van der Waals surface area contributed by atoms with Gasteiger partial charge in [0.25, 0.3) is 5.56 Å². The van der Waals surface area contributed by atoms with Gasteiger partial charge in [0.1, 0.15) is 5.75 Å². The molecule has 0 bridgehead atoms. The van der Waals surface area contributed by atoms with Crippen LogP contribution in [0.15, 0.2) is 53.5 Å². The molecule has 0 amide bonds. The van der Waals surface area contributed by atoms with Crippen molar-refractivity contribution in [2.24, 2.45) is 0 Å². The molecule has 1 heterocycles. The second kappa shape index (κ2) is 6.89. The first kappa shape index (κ1) is 16.3. The summed E-state index contributed by atoms with van der Waals surface area (Å²) in [5, 5.41) is 11.3. The predicted molar refractivity (Wildman–Crippen MR) is 98.3 cm³/mol. The number of phenols is 1. The Morgan fingerprint density at radius 2 is 1.75 bits per heavy atom. The van der Waals surface area contributed by atoms with E-state index >= 15 is 0 Å². The highest BCUT2D eigenvalue weighted by atomic mass is 16.3. The summed E-state index contributed by atoms with van der Waals surface area (Å²) >= 11 is 0. The lowest BCUT2D eigenvalue weighted by atomic mass is 9.99. The highest BCUT2D eigenvalue weighted by molar-refractivity contribution is 5.99. The smallest absolute Gasteiger partial charge is 0.255 e. The summed E-state index contributed by atoms with van der Waals surface area (Å²) < 4.78 is 0. The molecule has 3 aromatic rings. The Labute approximate surface area is 141 Å². The van der Waals surface area contributed by atoms with E-state index in [2.05, 4.69) is 35.9 Å². The Morgan fingerprint density at radius 1 is 1.04 bits per heavy atom. The maximum atomic E-state index is 12.0. The number of hydrogen-bond donors (Lipinski definition) is 2. The van der Waals surface area contributed by atoms with E-state index in [1.807, 2.05) is 12.1 Å². The molecule has 0 fully saturated rings. The minimum atomic E-state index is -0.192. The molecule has 0 spiro atoms. The molecule has 4 nitrogen and oxygen atoms in total. The van der Waals surface area contributed by atoms with Crippen LogP contribution in [0.2, 0.25) is 0 Å². The van der Waals surface area contributed by atoms with E-state index in [4.69, 9.17) is 0 Å². The second-order valence-electron chi connectivity index (χ2n) is 5.89. The summed E-state index contributed by atoms with van der Waals surface area (Å²) in [4.78, 5) is 17.1. The van der Waals surface area contributed by atoms with Crippen molar-refractivity contribution in [2.75, 3.05) is 13.1 Å². The van der Waals surface area contributed by atoms with Gasteiger partial charge >= 0.3 is 0 Å². The Bertz CT molecular complexity index is 894. The van der Waals surface area contributed by atoms with Crippen LogP contribution in [0, 0.1) is 0 Å². The molecular formula is C20H22N2O2. The highest BCUT2D eigenvalue weighted by Crippen LogP contribution is 2.32. The molecule has 2 aromatic carbocycles. The van der Waals surface area contributed by atoms with Crippen LogP contribution in [0.4, 0.5) is 0 Å². The molecule has 2 N–H and O–H groups in total. The maximum absolute atomic E-state index is 12.0. The summed E-state index contributed by atoms with van der Waals surface area (Å²) in [5.74, 6) is 0.126. The Hall–Kier alpha value is -2.59. The molecule has 0 aliphatic carbocycles. The average molecular weight is 322 g/mol. The number of H-pyrrole nitrogens is 1. The topological polar surface area (TPSA) is 56.3 Å². The van der Waals surface area contributed by atoms with Crippen LogP contribution in [-0.2, 0) is 6.54 Å². The van der Waals surface area contributed by atoms with Crippen LogP contribution in [-0.4, -0.2) is 28.1 Å². The molecule has 0 saturated carbocycles. The number of pyridine rings is 1. The lowest BCUT2D eigenvalue weighted by molar-refractivity contribution is 0.296. The number of fused-ring (bicyclic) bond motifs is 1. The molecule has 0 radical (unpaired) electrons. The third-order valence-electron chi connectivity index (χ3n) is 4.47. The van der Waals surface area contributed by atoms with Crippen molar-refractivity contribution in [3.63, 3.8) is 0 Å². The normalized spacial score (nSPS) is 11.3. The monoisotopic (exact) mass is 322 g/mol. The van der Waals surface area contributed by atoms with Crippen molar-refractivity contribution in [1.29, 1.82) is 0 Å². The molecule has 3 rings (SSSR count). The van der Waals surface area contributed by atoms with Gasteiger partial charge in [-0.1, -0.05) is 44.2 Å². The van der Waals surface area contributed by atoms with Gasteiger partial charge in [-0.25, -0.2) is 0 Å². The first-order chi connectivity index (χ1) is 11.6. The number of benzene rings is 2. The zero-order chi connectivity index (χ0) is 17.1. The van der Waals surface area contributed by atoms with Gasteiger partial charge in [-0.15, -0.1) is 0 Å². The molecule has 124 valence electrons. The summed E-state index contributed by atoms with van der Waals surface area (Å²) in [5.41, 5.74) is 2.86. The van der Waals surface area contributed by atoms with Gasteiger partial charge in [-0.05, 0) is 36.3 Å². The SMILES string of the molecule is CCN(CC)Cc1ccc(-c2c[nH]c(=O)c3cccc(O)c23)cc1. The standard InChI is InChI=1S/C20H22N2O2/c1-3-22(4-2)13-14-8-10-15(11-9-14)17-12-21-20(24)16-6-5-7-18(23)19(16)17/h5-12,23H,3-4,13H2,1-2H3,(H,21,24).